The van der Waals surface area contributed by atoms with Gasteiger partial charge in [0, 0.05) is 31.8 Å². The highest BCUT2D eigenvalue weighted by Gasteiger charge is 2.37. The Hall–Kier alpha value is -3.17. The first kappa shape index (κ1) is 34.0. The summed E-state index contributed by atoms with van der Waals surface area (Å²) in [6.45, 7) is 6.76. The third kappa shape index (κ3) is 10.0. The largest absolute Gasteiger partial charge is 0.416 e. The van der Waals surface area contributed by atoms with Gasteiger partial charge in [0.2, 0.25) is 0 Å². The highest BCUT2D eigenvalue weighted by Crippen LogP contribution is 2.42. The SMILES string of the molecule is CC.CC1[C@@H](CN(C)C2=CC(=O)CC2)CCC[C@H]1c1ccccc1.O=NCc1cc(C(F)(F)F)cc(C(F)(F)F)c1. The first-order valence-electron chi connectivity index (χ1n) is 13.9. The van der Waals surface area contributed by atoms with Crippen molar-refractivity contribution in [2.75, 3.05) is 13.6 Å². The number of hydrogen-bond donors (Lipinski definition) is 0. The molecule has 2 aromatic carbocycles. The number of carbonyl (C=O) groups excluding carboxylic acids is 1. The molecule has 226 valence electrons. The van der Waals surface area contributed by atoms with Crippen molar-refractivity contribution >= 4 is 5.78 Å². The van der Waals surface area contributed by atoms with Crippen LogP contribution >= 0.6 is 0 Å². The van der Waals surface area contributed by atoms with Crippen LogP contribution in [0.25, 0.3) is 0 Å². The summed E-state index contributed by atoms with van der Waals surface area (Å²) in [4.78, 5) is 23.7. The third-order valence-electron chi connectivity index (χ3n) is 7.54. The van der Waals surface area contributed by atoms with Gasteiger partial charge < -0.3 is 4.90 Å². The first-order chi connectivity index (χ1) is 19.3. The van der Waals surface area contributed by atoms with Crippen LogP contribution < -0.4 is 0 Å². The Morgan fingerprint density at radius 1 is 0.902 bits per heavy atom. The van der Waals surface area contributed by atoms with E-state index in [-0.39, 0.29) is 6.07 Å². The van der Waals surface area contributed by atoms with Crippen molar-refractivity contribution in [1.82, 2.24) is 4.90 Å². The summed E-state index contributed by atoms with van der Waals surface area (Å²) in [5.41, 5.74) is -0.601. The summed E-state index contributed by atoms with van der Waals surface area (Å²) in [6, 6.07) is 11.9. The molecule has 1 saturated carbocycles. The average Bonchev–Trinajstić information content (AvgIpc) is 3.37. The summed E-state index contributed by atoms with van der Waals surface area (Å²) in [5, 5.41) is 2.27. The lowest BCUT2D eigenvalue weighted by Gasteiger charge is -2.39. The number of benzene rings is 2. The van der Waals surface area contributed by atoms with E-state index in [4.69, 9.17) is 0 Å². The summed E-state index contributed by atoms with van der Waals surface area (Å²) in [7, 11) is 2.16. The maximum absolute atomic E-state index is 12.3. The molecule has 2 aromatic rings. The highest BCUT2D eigenvalue weighted by molar-refractivity contribution is 5.92. The Morgan fingerprint density at radius 2 is 1.49 bits per heavy atom. The molecule has 0 heterocycles. The molecule has 10 heteroatoms. The molecule has 1 unspecified atom stereocenters. The quantitative estimate of drug-likeness (QED) is 0.251. The lowest BCUT2D eigenvalue weighted by Crippen LogP contribution is -2.33. The van der Waals surface area contributed by atoms with Crippen LogP contribution in [-0.2, 0) is 23.7 Å². The number of nitrogens with zero attached hydrogens (tertiary/aromatic N) is 2. The molecule has 4 rings (SSSR count). The first-order valence-corrected chi connectivity index (χ1v) is 13.9. The fourth-order valence-electron chi connectivity index (χ4n) is 5.42. The van der Waals surface area contributed by atoms with E-state index in [2.05, 4.69) is 54.4 Å². The van der Waals surface area contributed by atoms with Gasteiger partial charge in [-0.2, -0.15) is 31.2 Å². The summed E-state index contributed by atoms with van der Waals surface area (Å²) < 4.78 is 73.8. The number of alkyl halides is 6. The second-order valence-corrected chi connectivity index (χ2v) is 10.3. The molecule has 1 fully saturated rings. The summed E-state index contributed by atoms with van der Waals surface area (Å²) in [6.07, 6.45) is -2.38. The van der Waals surface area contributed by atoms with Gasteiger partial charge in [-0.1, -0.05) is 62.7 Å². The molecule has 0 spiro atoms. The standard InChI is InChI=1S/C20H27NO.C9H5F6NO.C2H6/c1-15-17(14-21(2)18-11-12-19(22)13-18)9-6-10-20(15)16-7-4-3-5-8-16;10-8(11,12)6-1-5(4-16-17)2-7(3-6)9(13,14)15;1-2/h3-5,7-8,13,15,17,20H,6,9-12,14H2,1-2H3;1-3H,4H2;1-2H3/t15?,17-,20-;;/m1../s1. The molecule has 4 nitrogen and oxygen atoms in total. The van der Waals surface area contributed by atoms with Gasteiger partial charge in [0.05, 0.1) is 11.1 Å². The van der Waals surface area contributed by atoms with E-state index in [0.29, 0.717) is 36.2 Å². The predicted octanol–water partition coefficient (Wildman–Crippen LogP) is 9.40. The molecule has 0 amide bonds. The molecule has 41 heavy (non-hydrogen) atoms. The molecular weight excluding hydrogens is 546 g/mol. The molecule has 0 bridgehead atoms. The number of halogens is 6. The van der Waals surface area contributed by atoms with Gasteiger partial charge in [0.15, 0.2) is 5.78 Å². The van der Waals surface area contributed by atoms with E-state index in [1.807, 2.05) is 19.9 Å². The number of nitroso groups, excluding NO2 is 1. The van der Waals surface area contributed by atoms with Crippen LogP contribution in [0.2, 0.25) is 0 Å². The second-order valence-electron chi connectivity index (χ2n) is 10.3. The van der Waals surface area contributed by atoms with Gasteiger partial charge in [-0.15, -0.1) is 0 Å². The van der Waals surface area contributed by atoms with Gasteiger partial charge >= 0.3 is 12.4 Å². The van der Waals surface area contributed by atoms with Crippen molar-refractivity contribution in [1.29, 1.82) is 0 Å². The molecule has 2 aliphatic carbocycles. The third-order valence-corrected chi connectivity index (χ3v) is 7.54. The smallest absolute Gasteiger partial charge is 0.377 e. The van der Waals surface area contributed by atoms with Crippen molar-refractivity contribution in [3.05, 3.63) is 87.5 Å². The van der Waals surface area contributed by atoms with Crippen LogP contribution in [-0.4, -0.2) is 24.3 Å². The van der Waals surface area contributed by atoms with Gasteiger partial charge in [-0.05, 0) is 66.3 Å². The zero-order valence-corrected chi connectivity index (χ0v) is 23.9. The highest BCUT2D eigenvalue weighted by atomic mass is 19.4. The Labute approximate surface area is 237 Å². The summed E-state index contributed by atoms with van der Waals surface area (Å²) in [5.74, 6) is 2.41. The van der Waals surface area contributed by atoms with Crippen LogP contribution in [0, 0.1) is 16.7 Å². The second kappa shape index (κ2) is 15.2. The summed E-state index contributed by atoms with van der Waals surface area (Å²) >= 11 is 0. The van der Waals surface area contributed by atoms with Gasteiger partial charge in [-0.3, -0.25) is 4.79 Å². The van der Waals surface area contributed by atoms with Crippen molar-refractivity contribution in [3.63, 3.8) is 0 Å². The molecule has 0 aliphatic heterocycles. The molecule has 3 atom stereocenters. The van der Waals surface area contributed by atoms with Crippen molar-refractivity contribution in [3.8, 4) is 0 Å². The predicted molar refractivity (Wildman–Crippen MR) is 148 cm³/mol. The maximum Gasteiger partial charge on any atom is 0.416 e. The minimum absolute atomic E-state index is 0.00565. The molecule has 0 saturated heterocycles. The fourth-order valence-corrected chi connectivity index (χ4v) is 5.42. The number of ketones is 1. The van der Waals surface area contributed by atoms with Crippen LogP contribution in [0.1, 0.15) is 81.0 Å². The normalized spacial score (nSPS) is 20.7. The van der Waals surface area contributed by atoms with Gasteiger partial charge in [-0.25, -0.2) is 0 Å². The van der Waals surface area contributed by atoms with E-state index in [1.165, 1.54) is 30.5 Å². The Bertz CT molecular complexity index is 1130. The Balaban J connectivity index is 0.000000280. The van der Waals surface area contributed by atoms with E-state index in [9.17, 15) is 36.0 Å². The fraction of sp³-hybridized carbons (Fsp3) is 0.516. The molecule has 0 N–H and O–H groups in total. The lowest BCUT2D eigenvalue weighted by molar-refractivity contribution is -0.143. The number of rotatable bonds is 6. The van der Waals surface area contributed by atoms with Crippen LogP contribution in [0.15, 0.2) is 65.5 Å². The minimum atomic E-state index is -4.90. The van der Waals surface area contributed by atoms with Crippen molar-refractivity contribution in [2.24, 2.45) is 17.0 Å². The van der Waals surface area contributed by atoms with Crippen molar-refractivity contribution in [2.45, 2.75) is 77.7 Å². The van der Waals surface area contributed by atoms with Gasteiger partial charge in [0.25, 0.3) is 0 Å². The average molecular weight is 585 g/mol. The molecule has 0 aromatic heterocycles. The monoisotopic (exact) mass is 584 g/mol. The van der Waals surface area contributed by atoms with E-state index in [1.54, 1.807) is 0 Å². The topological polar surface area (TPSA) is 49.7 Å². The Kier molecular flexibility index (Phi) is 12.6. The lowest BCUT2D eigenvalue weighted by atomic mass is 9.70. The maximum atomic E-state index is 12.3. The zero-order chi connectivity index (χ0) is 30.8. The molecular formula is C31H38F6N2O2. The van der Waals surface area contributed by atoms with Crippen LogP contribution in [0.4, 0.5) is 26.3 Å². The molecule has 0 radical (unpaired) electrons. The van der Waals surface area contributed by atoms with Gasteiger partial charge in [0.1, 0.15) is 6.54 Å². The number of carbonyl (C=O) groups is 1. The minimum Gasteiger partial charge on any atom is -0.377 e. The van der Waals surface area contributed by atoms with Crippen molar-refractivity contribution < 1.29 is 31.1 Å². The zero-order valence-electron chi connectivity index (χ0n) is 23.9. The Morgan fingerprint density at radius 3 is 1.98 bits per heavy atom. The van der Waals surface area contributed by atoms with E-state index >= 15 is 0 Å². The van der Waals surface area contributed by atoms with E-state index in [0.717, 1.165) is 18.9 Å². The van der Waals surface area contributed by atoms with E-state index < -0.39 is 35.6 Å². The number of allylic oxidation sites excluding steroid dienone is 2. The molecule has 2 aliphatic rings. The van der Waals surface area contributed by atoms with Crippen LogP contribution in [0.5, 0.6) is 0 Å². The number of hydrogen-bond acceptors (Lipinski definition) is 4. The van der Waals surface area contributed by atoms with Crippen LogP contribution in [0.3, 0.4) is 0 Å².